The van der Waals surface area contributed by atoms with Gasteiger partial charge in [0, 0.05) is 5.39 Å². The van der Waals surface area contributed by atoms with Crippen molar-refractivity contribution in [2.45, 2.75) is 0 Å². The van der Waals surface area contributed by atoms with Crippen LogP contribution in [-0.2, 0) is 4.74 Å². The van der Waals surface area contributed by atoms with Crippen molar-refractivity contribution in [1.29, 1.82) is 0 Å². The molecule has 1 aromatic heterocycles. The lowest BCUT2D eigenvalue weighted by molar-refractivity contribution is 0.0601. The third-order valence-corrected chi connectivity index (χ3v) is 2.51. The Balaban J connectivity index is 2.71. The Bertz CT molecular complexity index is 577. The van der Waals surface area contributed by atoms with Gasteiger partial charge in [0.05, 0.1) is 23.2 Å². The quantitative estimate of drug-likeness (QED) is 0.640. The van der Waals surface area contributed by atoms with Gasteiger partial charge in [0.25, 0.3) is 0 Å². The molecule has 0 aliphatic carbocycles. The molecule has 0 saturated carbocycles. The predicted octanol–water partition coefficient (Wildman–Crippen LogP) is 1.82. The van der Waals surface area contributed by atoms with Gasteiger partial charge >= 0.3 is 5.97 Å². The Morgan fingerprint density at radius 3 is 2.94 bits per heavy atom. The molecule has 0 radical (unpaired) electrons. The number of nitrogens with one attached hydrogen (secondary N) is 1. The van der Waals surface area contributed by atoms with Crippen molar-refractivity contribution in [3.8, 4) is 0 Å². The van der Waals surface area contributed by atoms with E-state index in [0.29, 0.717) is 22.9 Å². The molecule has 1 N–H and O–H groups in total. The standard InChI is InChI=1S/C10H7ClN2O3/c1-16-10(15)5-2-6-8(3-7(5)11)12-13-9(6)4-14/h2-4H,1H3,(H,12,13). The average molecular weight is 239 g/mol. The summed E-state index contributed by atoms with van der Waals surface area (Å²) in [6.45, 7) is 0. The molecule has 0 aliphatic rings. The first kappa shape index (κ1) is 10.6. The lowest BCUT2D eigenvalue weighted by Gasteiger charge is -2.01. The number of methoxy groups -OCH3 is 1. The third-order valence-electron chi connectivity index (χ3n) is 2.20. The largest absolute Gasteiger partial charge is 0.465 e. The normalized spacial score (nSPS) is 10.4. The number of hydrogen-bond donors (Lipinski definition) is 1. The minimum Gasteiger partial charge on any atom is -0.465 e. The Morgan fingerprint density at radius 2 is 2.31 bits per heavy atom. The lowest BCUT2D eigenvalue weighted by atomic mass is 10.1. The van der Waals surface area contributed by atoms with Crippen LogP contribution in [0.4, 0.5) is 0 Å². The molecule has 1 aromatic carbocycles. The van der Waals surface area contributed by atoms with Gasteiger partial charge in [0.15, 0.2) is 6.29 Å². The van der Waals surface area contributed by atoms with Crippen LogP contribution in [0.5, 0.6) is 0 Å². The highest BCUT2D eigenvalue weighted by Gasteiger charge is 2.14. The Hall–Kier alpha value is -1.88. The van der Waals surface area contributed by atoms with Crippen molar-refractivity contribution in [2.75, 3.05) is 7.11 Å². The molecule has 6 heteroatoms. The van der Waals surface area contributed by atoms with E-state index >= 15 is 0 Å². The summed E-state index contributed by atoms with van der Waals surface area (Å²) in [5, 5.41) is 7.21. The van der Waals surface area contributed by atoms with Crippen LogP contribution in [0.2, 0.25) is 5.02 Å². The number of ether oxygens (including phenoxy) is 1. The summed E-state index contributed by atoms with van der Waals surface area (Å²) in [6.07, 6.45) is 0.629. The molecule has 16 heavy (non-hydrogen) atoms. The van der Waals surface area contributed by atoms with Crippen molar-refractivity contribution in [3.63, 3.8) is 0 Å². The van der Waals surface area contributed by atoms with Gasteiger partial charge < -0.3 is 4.74 Å². The summed E-state index contributed by atoms with van der Waals surface area (Å²) >= 11 is 5.89. The van der Waals surface area contributed by atoms with E-state index in [2.05, 4.69) is 14.9 Å². The number of halogens is 1. The number of carbonyl (C=O) groups excluding carboxylic acids is 2. The number of aldehydes is 1. The maximum atomic E-state index is 11.4. The van der Waals surface area contributed by atoms with E-state index in [0.717, 1.165) is 0 Å². The van der Waals surface area contributed by atoms with Gasteiger partial charge in [-0.1, -0.05) is 11.6 Å². The van der Waals surface area contributed by atoms with Gasteiger partial charge in [-0.2, -0.15) is 5.10 Å². The van der Waals surface area contributed by atoms with Gasteiger partial charge in [-0.3, -0.25) is 9.89 Å². The summed E-state index contributed by atoms with van der Waals surface area (Å²) in [7, 11) is 1.26. The van der Waals surface area contributed by atoms with Crippen molar-refractivity contribution in [2.24, 2.45) is 0 Å². The van der Waals surface area contributed by atoms with Crippen LogP contribution in [0.25, 0.3) is 10.9 Å². The molecule has 82 valence electrons. The minimum atomic E-state index is -0.551. The van der Waals surface area contributed by atoms with E-state index in [1.165, 1.54) is 19.2 Å². The summed E-state index contributed by atoms with van der Waals surface area (Å²) in [5.74, 6) is -0.551. The van der Waals surface area contributed by atoms with Crippen LogP contribution in [0.3, 0.4) is 0 Å². The Labute approximate surface area is 95.3 Å². The Kier molecular flexibility index (Phi) is 2.62. The summed E-state index contributed by atoms with van der Waals surface area (Å²) in [4.78, 5) is 22.1. The van der Waals surface area contributed by atoms with E-state index in [1.54, 1.807) is 0 Å². The van der Waals surface area contributed by atoms with E-state index in [-0.39, 0.29) is 10.6 Å². The fraction of sp³-hybridized carbons (Fsp3) is 0.100. The average Bonchev–Trinajstić information content (AvgIpc) is 2.68. The monoisotopic (exact) mass is 238 g/mol. The van der Waals surface area contributed by atoms with Crippen molar-refractivity contribution < 1.29 is 14.3 Å². The number of aromatic nitrogens is 2. The molecule has 0 saturated heterocycles. The maximum Gasteiger partial charge on any atom is 0.339 e. The SMILES string of the molecule is COC(=O)c1cc2c(C=O)[nH]nc2cc1Cl. The van der Waals surface area contributed by atoms with Crippen molar-refractivity contribution >= 4 is 34.8 Å². The highest BCUT2D eigenvalue weighted by atomic mass is 35.5. The summed E-state index contributed by atoms with van der Waals surface area (Å²) in [6, 6.07) is 2.99. The van der Waals surface area contributed by atoms with Crippen molar-refractivity contribution in [1.82, 2.24) is 10.2 Å². The van der Waals surface area contributed by atoms with E-state index in [9.17, 15) is 9.59 Å². The smallest absolute Gasteiger partial charge is 0.339 e. The van der Waals surface area contributed by atoms with Crippen LogP contribution < -0.4 is 0 Å². The molecule has 1 heterocycles. The van der Waals surface area contributed by atoms with E-state index in [4.69, 9.17) is 11.6 Å². The number of aromatic amines is 1. The number of rotatable bonds is 2. The van der Waals surface area contributed by atoms with Crippen LogP contribution in [0.15, 0.2) is 12.1 Å². The van der Waals surface area contributed by atoms with Crippen molar-refractivity contribution in [3.05, 3.63) is 28.4 Å². The summed E-state index contributed by atoms with van der Waals surface area (Å²) in [5.41, 5.74) is 1.04. The molecule has 0 atom stereocenters. The molecule has 0 spiro atoms. The molecular formula is C10H7ClN2O3. The van der Waals surface area contributed by atoms with Crippen LogP contribution in [0, 0.1) is 0 Å². The highest BCUT2D eigenvalue weighted by molar-refractivity contribution is 6.34. The van der Waals surface area contributed by atoms with E-state index in [1.807, 2.05) is 0 Å². The minimum absolute atomic E-state index is 0.209. The molecule has 0 amide bonds. The fourth-order valence-corrected chi connectivity index (χ4v) is 1.64. The zero-order chi connectivity index (χ0) is 11.7. The van der Waals surface area contributed by atoms with Crippen LogP contribution >= 0.6 is 11.6 Å². The molecule has 2 aromatic rings. The second-order valence-electron chi connectivity index (χ2n) is 3.10. The second-order valence-corrected chi connectivity index (χ2v) is 3.50. The lowest BCUT2D eigenvalue weighted by Crippen LogP contribution is -2.01. The zero-order valence-corrected chi connectivity index (χ0v) is 9.04. The zero-order valence-electron chi connectivity index (χ0n) is 8.28. The molecule has 0 bridgehead atoms. The topological polar surface area (TPSA) is 72.1 Å². The molecule has 0 fully saturated rings. The Morgan fingerprint density at radius 1 is 1.56 bits per heavy atom. The highest BCUT2D eigenvalue weighted by Crippen LogP contribution is 2.24. The first-order chi connectivity index (χ1) is 7.67. The first-order valence-electron chi connectivity index (χ1n) is 4.38. The van der Waals surface area contributed by atoms with Gasteiger partial charge in [0.1, 0.15) is 5.69 Å². The molecule has 2 rings (SSSR count). The predicted molar refractivity (Wildman–Crippen MR) is 57.8 cm³/mol. The van der Waals surface area contributed by atoms with Gasteiger partial charge in [-0.25, -0.2) is 4.79 Å². The molecule has 0 unspecified atom stereocenters. The number of nitrogens with zero attached hydrogens (tertiary/aromatic N) is 1. The number of esters is 1. The third kappa shape index (κ3) is 1.55. The van der Waals surface area contributed by atoms with E-state index < -0.39 is 5.97 Å². The van der Waals surface area contributed by atoms with Gasteiger partial charge in [-0.05, 0) is 12.1 Å². The molecule has 0 aliphatic heterocycles. The first-order valence-corrected chi connectivity index (χ1v) is 4.76. The molecule has 5 nitrogen and oxygen atoms in total. The van der Waals surface area contributed by atoms with Gasteiger partial charge in [0.2, 0.25) is 0 Å². The maximum absolute atomic E-state index is 11.4. The number of hydrogen-bond acceptors (Lipinski definition) is 4. The van der Waals surface area contributed by atoms with Gasteiger partial charge in [-0.15, -0.1) is 0 Å². The number of fused-ring (bicyclic) bond motifs is 1. The van der Waals surface area contributed by atoms with Crippen LogP contribution in [0.1, 0.15) is 20.8 Å². The molecular weight excluding hydrogens is 232 g/mol. The van der Waals surface area contributed by atoms with Crippen LogP contribution in [-0.4, -0.2) is 29.6 Å². The number of benzene rings is 1. The summed E-state index contributed by atoms with van der Waals surface area (Å²) < 4.78 is 4.57. The fourth-order valence-electron chi connectivity index (χ4n) is 1.41. The number of carbonyl (C=O) groups is 2. The second kappa shape index (κ2) is 3.94. The number of H-pyrrole nitrogens is 1.